The first-order valence-electron chi connectivity index (χ1n) is 7.37. The van der Waals surface area contributed by atoms with Gasteiger partial charge in [0.25, 0.3) is 0 Å². The Bertz CT molecular complexity index is 578. The highest BCUT2D eigenvalue weighted by molar-refractivity contribution is 6.30. The predicted molar refractivity (Wildman–Crippen MR) is 92.0 cm³/mol. The number of likely N-dealkylation sites (N-methyl/N-ethyl adjacent to an activating group) is 1. The fourth-order valence-electron chi connectivity index (χ4n) is 2.77. The fraction of sp³-hybridized carbons (Fsp3) is 0.333. The molecular formula is C18H23ClN2. The molecule has 2 N–H and O–H groups in total. The van der Waals surface area contributed by atoms with Gasteiger partial charge in [0.05, 0.1) is 6.04 Å². The SMILES string of the molecule is CCN(c1cccc(C)c1)C(c1ccc(Cl)cc1)C(C)N. The molecule has 2 aromatic rings. The van der Waals surface area contributed by atoms with Crippen LogP contribution in [0.15, 0.2) is 48.5 Å². The van der Waals surface area contributed by atoms with Crippen LogP contribution < -0.4 is 10.6 Å². The van der Waals surface area contributed by atoms with E-state index in [2.05, 4.69) is 62.1 Å². The van der Waals surface area contributed by atoms with Crippen molar-refractivity contribution in [3.8, 4) is 0 Å². The van der Waals surface area contributed by atoms with Gasteiger partial charge in [-0.3, -0.25) is 0 Å². The van der Waals surface area contributed by atoms with Crippen LogP contribution >= 0.6 is 11.6 Å². The third kappa shape index (κ3) is 3.78. The molecule has 0 radical (unpaired) electrons. The molecule has 112 valence electrons. The standard InChI is InChI=1S/C18H23ClN2/c1-4-21(17-7-5-6-13(2)12-17)18(14(3)20)15-8-10-16(19)11-9-15/h5-12,14,18H,4,20H2,1-3H3. The Balaban J connectivity index is 2.41. The van der Waals surface area contributed by atoms with Crippen molar-refractivity contribution < 1.29 is 0 Å². The van der Waals surface area contributed by atoms with E-state index in [0.29, 0.717) is 0 Å². The average molecular weight is 303 g/mol. The summed E-state index contributed by atoms with van der Waals surface area (Å²) in [5.41, 5.74) is 9.93. The third-order valence-corrected chi connectivity index (χ3v) is 3.97. The molecule has 2 aromatic carbocycles. The van der Waals surface area contributed by atoms with Crippen molar-refractivity contribution in [3.63, 3.8) is 0 Å². The Hall–Kier alpha value is -1.51. The highest BCUT2D eigenvalue weighted by atomic mass is 35.5. The second-order valence-corrected chi connectivity index (χ2v) is 5.92. The smallest absolute Gasteiger partial charge is 0.0690 e. The molecule has 0 aliphatic heterocycles. The van der Waals surface area contributed by atoms with Crippen molar-refractivity contribution in [2.45, 2.75) is 32.9 Å². The van der Waals surface area contributed by atoms with Crippen LogP contribution in [0.3, 0.4) is 0 Å². The van der Waals surface area contributed by atoms with Crippen LogP contribution in [0.4, 0.5) is 5.69 Å². The third-order valence-electron chi connectivity index (χ3n) is 3.72. The molecule has 2 nitrogen and oxygen atoms in total. The summed E-state index contributed by atoms with van der Waals surface area (Å²) < 4.78 is 0. The molecule has 0 aliphatic rings. The number of aryl methyl sites for hydroxylation is 1. The first kappa shape index (κ1) is 15.9. The number of benzene rings is 2. The number of halogens is 1. The molecule has 2 atom stereocenters. The molecule has 3 heteroatoms. The van der Waals surface area contributed by atoms with Gasteiger partial charge in [-0.05, 0) is 56.2 Å². The minimum absolute atomic E-state index is 0.0200. The Morgan fingerprint density at radius 2 is 1.81 bits per heavy atom. The highest BCUT2D eigenvalue weighted by Gasteiger charge is 2.23. The van der Waals surface area contributed by atoms with E-state index >= 15 is 0 Å². The first-order chi connectivity index (χ1) is 10.0. The zero-order chi connectivity index (χ0) is 15.4. The molecule has 0 spiro atoms. The Labute approximate surface area is 132 Å². The summed E-state index contributed by atoms with van der Waals surface area (Å²) in [4.78, 5) is 2.35. The van der Waals surface area contributed by atoms with Crippen LogP contribution in [0.2, 0.25) is 5.02 Å². The van der Waals surface area contributed by atoms with E-state index < -0.39 is 0 Å². The van der Waals surface area contributed by atoms with Crippen molar-refractivity contribution >= 4 is 17.3 Å². The largest absolute Gasteiger partial charge is 0.363 e. The van der Waals surface area contributed by atoms with Crippen molar-refractivity contribution in [1.29, 1.82) is 0 Å². The summed E-state index contributed by atoms with van der Waals surface area (Å²) >= 11 is 6.00. The summed E-state index contributed by atoms with van der Waals surface area (Å²) in [7, 11) is 0. The van der Waals surface area contributed by atoms with Gasteiger partial charge in [-0.15, -0.1) is 0 Å². The van der Waals surface area contributed by atoms with E-state index in [9.17, 15) is 0 Å². The molecule has 0 amide bonds. The average Bonchev–Trinajstić information content (AvgIpc) is 2.45. The summed E-state index contributed by atoms with van der Waals surface area (Å²) in [6.45, 7) is 7.23. The lowest BCUT2D eigenvalue weighted by Gasteiger charge is -2.36. The van der Waals surface area contributed by atoms with E-state index in [1.54, 1.807) is 0 Å². The maximum Gasteiger partial charge on any atom is 0.0690 e. The highest BCUT2D eigenvalue weighted by Crippen LogP contribution is 2.30. The monoisotopic (exact) mass is 302 g/mol. The Morgan fingerprint density at radius 1 is 1.14 bits per heavy atom. The summed E-state index contributed by atoms with van der Waals surface area (Å²) in [6, 6.07) is 16.7. The lowest BCUT2D eigenvalue weighted by molar-refractivity contribution is 0.538. The normalized spacial score (nSPS) is 13.8. The molecule has 0 aliphatic carbocycles. The molecule has 0 saturated heterocycles. The quantitative estimate of drug-likeness (QED) is 0.877. The zero-order valence-electron chi connectivity index (χ0n) is 12.9. The Kier molecular flexibility index (Phi) is 5.27. The van der Waals surface area contributed by atoms with Crippen molar-refractivity contribution in [1.82, 2.24) is 0 Å². The van der Waals surface area contributed by atoms with Crippen molar-refractivity contribution in [3.05, 3.63) is 64.7 Å². The van der Waals surface area contributed by atoms with E-state index in [-0.39, 0.29) is 12.1 Å². The van der Waals surface area contributed by atoms with Crippen LogP contribution in [0, 0.1) is 6.92 Å². The number of rotatable bonds is 5. The second kappa shape index (κ2) is 6.97. The van der Waals surface area contributed by atoms with Crippen molar-refractivity contribution in [2.24, 2.45) is 5.73 Å². The van der Waals surface area contributed by atoms with E-state index in [4.69, 9.17) is 17.3 Å². The van der Waals surface area contributed by atoms with Crippen LogP contribution in [0.1, 0.15) is 31.0 Å². The summed E-state index contributed by atoms with van der Waals surface area (Å²) in [5, 5.41) is 0.751. The van der Waals surface area contributed by atoms with E-state index in [1.165, 1.54) is 16.8 Å². The van der Waals surface area contributed by atoms with E-state index in [0.717, 1.165) is 11.6 Å². The van der Waals surface area contributed by atoms with Crippen LogP contribution in [0.25, 0.3) is 0 Å². The zero-order valence-corrected chi connectivity index (χ0v) is 13.6. The molecule has 2 unspecified atom stereocenters. The van der Waals surface area contributed by atoms with Crippen LogP contribution in [0.5, 0.6) is 0 Å². The topological polar surface area (TPSA) is 29.3 Å². The Morgan fingerprint density at radius 3 is 2.33 bits per heavy atom. The van der Waals surface area contributed by atoms with Gasteiger partial charge in [0.1, 0.15) is 0 Å². The maximum atomic E-state index is 6.28. The van der Waals surface area contributed by atoms with Gasteiger partial charge >= 0.3 is 0 Å². The van der Waals surface area contributed by atoms with Gasteiger partial charge in [0, 0.05) is 23.3 Å². The summed E-state index contributed by atoms with van der Waals surface area (Å²) in [6.07, 6.45) is 0. The molecule has 21 heavy (non-hydrogen) atoms. The van der Waals surface area contributed by atoms with Gasteiger partial charge in [-0.25, -0.2) is 0 Å². The van der Waals surface area contributed by atoms with Gasteiger partial charge in [-0.2, -0.15) is 0 Å². The number of hydrogen-bond acceptors (Lipinski definition) is 2. The van der Waals surface area contributed by atoms with E-state index in [1.807, 2.05) is 12.1 Å². The number of hydrogen-bond donors (Lipinski definition) is 1. The number of anilines is 1. The van der Waals surface area contributed by atoms with Gasteiger partial charge in [-0.1, -0.05) is 35.9 Å². The van der Waals surface area contributed by atoms with Crippen LogP contribution in [-0.4, -0.2) is 12.6 Å². The summed E-state index contributed by atoms with van der Waals surface area (Å²) in [5.74, 6) is 0. The van der Waals surface area contributed by atoms with Gasteiger partial charge in [0.2, 0.25) is 0 Å². The fourth-order valence-corrected chi connectivity index (χ4v) is 2.90. The van der Waals surface area contributed by atoms with Crippen LogP contribution in [-0.2, 0) is 0 Å². The predicted octanol–water partition coefficient (Wildman–Crippen LogP) is 4.56. The lowest BCUT2D eigenvalue weighted by Crippen LogP contribution is -2.39. The minimum Gasteiger partial charge on any atom is -0.363 e. The molecule has 0 fully saturated rings. The minimum atomic E-state index is 0.0200. The molecular weight excluding hydrogens is 280 g/mol. The number of nitrogens with zero attached hydrogens (tertiary/aromatic N) is 1. The van der Waals surface area contributed by atoms with Gasteiger partial charge in [0.15, 0.2) is 0 Å². The molecule has 2 rings (SSSR count). The van der Waals surface area contributed by atoms with Crippen molar-refractivity contribution in [2.75, 3.05) is 11.4 Å². The molecule has 0 saturated carbocycles. The maximum absolute atomic E-state index is 6.28. The second-order valence-electron chi connectivity index (χ2n) is 5.48. The molecule has 0 bridgehead atoms. The molecule has 0 heterocycles. The lowest BCUT2D eigenvalue weighted by atomic mass is 9.98. The van der Waals surface area contributed by atoms with Gasteiger partial charge < -0.3 is 10.6 Å². The number of nitrogens with two attached hydrogens (primary N) is 1. The molecule has 0 aromatic heterocycles. The first-order valence-corrected chi connectivity index (χ1v) is 7.75.